The fourth-order valence-electron chi connectivity index (χ4n) is 2.41. The van der Waals surface area contributed by atoms with Crippen LogP contribution in [0.1, 0.15) is 16.1 Å². The van der Waals surface area contributed by atoms with Crippen LogP contribution in [0.2, 0.25) is 5.02 Å². The van der Waals surface area contributed by atoms with Crippen LogP contribution in [0.25, 0.3) is 16.5 Å². The molecule has 0 saturated heterocycles. The van der Waals surface area contributed by atoms with E-state index < -0.39 is 5.91 Å². The first kappa shape index (κ1) is 15.2. The molecule has 1 heterocycles. The molecule has 3 aromatic rings. The maximum Gasteiger partial charge on any atom is 0.286 e. The van der Waals surface area contributed by atoms with Gasteiger partial charge in [0.2, 0.25) is 0 Å². The number of carbonyl (C=O) groups is 1. The van der Waals surface area contributed by atoms with Crippen molar-refractivity contribution in [1.29, 1.82) is 0 Å². The molecule has 0 spiro atoms. The van der Waals surface area contributed by atoms with Gasteiger partial charge >= 0.3 is 0 Å². The van der Waals surface area contributed by atoms with Gasteiger partial charge in [0.15, 0.2) is 5.69 Å². The van der Waals surface area contributed by atoms with E-state index in [2.05, 4.69) is 10.5 Å². The summed E-state index contributed by atoms with van der Waals surface area (Å²) in [5.74, 6) is 4.65. The van der Waals surface area contributed by atoms with Gasteiger partial charge in [0.05, 0.1) is 11.1 Å². The lowest BCUT2D eigenvalue weighted by Crippen LogP contribution is -2.34. The SMILES string of the molecule is Cc1c(Cl)cccc1-n1nc(C(=O)NN)c2ccccc2c1=O. The largest absolute Gasteiger partial charge is 0.289 e. The number of aromatic nitrogens is 2. The number of amides is 1. The fourth-order valence-corrected chi connectivity index (χ4v) is 2.58. The first-order chi connectivity index (χ1) is 11.0. The summed E-state index contributed by atoms with van der Waals surface area (Å²) in [5.41, 5.74) is 3.00. The minimum absolute atomic E-state index is 0.0714. The molecule has 2 aromatic carbocycles. The number of nitrogens with one attached hydrogen (secondary N) is 1. The van der Waals surface area contributed by atoms with Crippen molar-refractivity contribution < 1.29 is 4.79 Å². The van der Waals surface area contributed by atoms with Gasteiger partial charge in [-0.2, -0.15) is 9.78 Å². The van der Waals surface area contributed by atoms with Crippen molar-refractivity contribution in [3.8, 4) is 5.69 Å². The molecule has 0 saturated carbocycles. The van der Waals surface area contributed by atoms with Crippen LogP contribution in [0.4, 0.5) is 0 Å². The first-order valence-corrected chi connectivity index (χ1v) is 7.21. The Bertz CT molecular complexity index is 981. The molecule has 0 bridgehead atoms. The molecule has 0 aliphatic carbocycles. The van der Waals surface area contributed by atoms with Crippen molar-refractivity contribution in [2.45, 2.75) is 6.92 Å². The Morgan fingerprint density at radius 1 is 1.17 bits per heavy atom. The molecular weight excluding hydrogens is 316 g/mol. The van der Waals surface area contributed by atoms with Crippen LogP contribution in [0, 0.1) is 6.92 Å². The van der Waals surface area contributed by atoms with Gasteiger partial charge < -0.3 is 0 Å². The molecule has 6 nitrogen and oxygen atoms in total. The Hall–Kier alpha value is -2.70. The molecule has 0 unspecified atom stereocenters. The van der Waals surface area contributed by atoms with E-state index in [1.807, 2.05) is 0 Å². The van der Waals surface area contributed by atoms with Crippen LogP contribution in [0.3, 0.4) is 0 Å². The minimum Gasteiger partial charge on any atom is -0.289 e. The lowest BCUT2D eigenvalue weighted by Gasteiger charge is -2.12. The van der Waals surface area contributed by atoms with Gasteiger partial charge in [0.1, 0.15) is 0 Å². The summed E-state index contributed by atoms with van der Waals surface area (Å²) in [6.07, 6.45) is 0. The van der Waals surface area contributed by atoms with Gasteiger partial charge in [-0.1, -0.05) is 35.9 Å². The topological polar surface area (TPSA) is 90.0 Å². The number of fused-ring (bicyclic) bond motifs is 1. The molecule has 0 atom stereocenters. The molecule has 116 valence electrons. The highest BCUT2D eigenvalue weighted by Gasteiger charge is 2.17. The molecule has 0 fully saturated rings. The Morgan fingerprint density at radius 3 is 2.57 bits per heavy atom. The maximum atomic E-state index is 12.7. The van der Waals surface area contributed by atoms with Crippen molar-refractivity contribution in [1.82, 2.24) is 15.2 Å². The highest BCUT2D eigenvalue weighted by Crippen LogP contribution is 2.22. The predicted octanol–water partition coefficient (Wildman–Crippen LogP) is 1.95. The van der Waals surface area contributed by atoms with Gasteiger partial charge in [-0.3, -0.25) is 15.0 Å². The Labute approximate surface area is 136 Å². The van der Waals surface area contributed by atoms with Crippen LogP contribution in [-0.4, -0.2) is 15.7 Å². The van der Waals surface area contributed by atoms with Crippen molar-refractivity contribution >= 4 is 28.3 Å². The molecule has 0 aliphatic rings. The summed E-state index contributed by atoms with van der Waals surface area (Å²) in [6.45, 7) is 1.78. The summed E-state index contributed by atoms with van der Waals surface area (Å²) in [7, 11) is 0. The monoisotopic (exact) mass is 328 g/mol. The molecule has 3 N–H and O–H groups in total. The maximum absolute atomic E-state index is 12.7. The second kappa shape index (κ2) is 5.83. The number of carbonyl (C=O) groups excluding carboxylic acids is 1. The smallest absolute Gasteiger partial charge is 0.286 e. The van der Waals surface area contributed by atoms with Crippen LogP contribution < -0.4 is 16.8 Å². The first-order valence-electron chi connectivity index (χ1n) is 6.83. The second-order valence-corrected chi connectivity index (χ2v) is 5.38. The fraction of sp³-hybridized carbons (Fsp3) is 0.0625. The number of benzene rings is 2. The Morgan fingerprint density at radius 2 is 1.87 bits per heavy atom. The molecule has 23 heavy (non-hydrogen) atoms. The van der Waals surface area contributed by atoms with E-state index in [9.17, 15) is 9.59 Å². The van der Waals surface area contributed by atoms with E-state index in [1.165, 1.54) is 4.68 Å². The van der Waals surface area contributed by atoms with E-state index in [0.29, 0.717) is 27.0 Å². The summed E-state index contributed by atoms with van der Waals surface area (Å²) >= 11 is 6.12. The zero-order valence-electron chi connectivity index (χ0n) is 12.2. The Balaban J connectivity index is 2.43. The van der Waals surface area contributed by atoms with E-state index in [-0.39, 0.29) is 11.3 Å². The summed E-state index contributed by atoms with van der Waals surface area (Å²) in [4.78, 5) is 24.8. The highest BCUT2D eigenvalue weighted by atomic mass is 35.5. The molecule has 7 heteroatoms. The van der Waals surface area contributed by atoms with Gasteiger partial charge in [-0.25, -0.2) is 5.84 Å². The number of nitrogen functional groups attached to an aromatic ring is 1. The summed E-state index contributed by atoms with van der Waals surface area (Å²) in [5, 5.41) is 5.52. The average molecular weight is 329 g/mol. The predicted molar refractivity (Wildman–Crippen MR) is 88.7 cm³/mol. The molecule has 0 radical (unpaired) electrons. The number of hydrazine groups is 1. The molecule has 1 aromatic heterocycles. The minimum atomic E-state index is -0.574. The number of nitrogens with zero attached hydrogens (tertiary/aromatic N) is 2. The van der Waals surface area contributed by atoms with E-state index in [0.717, 1.165) is 0 Å². The van der Waals surface area contributed by atoms with Crippen LogP contribution in [0.15, 0.2) is 47.3 Å². The molecular formula is C16H13ClN4O2. The second-order valence-electron chi connectivity index (χ2n) is 4.97. The summed E-state index contributed by atoms with van der Waals surface area (Å²) < 4.78 is 1.17. The zero-order chi connectivity index (χ0) is 16.6. The average Bonchev–Trinajstić information content (AvgIpc) is 2.58. The van der Waals surface area contributed by atoms with Crippen LogP contribution >= 0.6 is 11.6 Å². The number of rotatable bonds is 2. The third kappa shape index (κ3) is 2.48. The van der Waals surface area contributed by atoms with Crippen molar-refractivity contribution in [2.24, 2.45) is 5.84 Å². The lowest BCUT2D eigenvalue weighted by atomic mass is 10.1. The van der Waals surface area contributed by atoms with Crippen LogP contribution in [-0.2, 0) is 0 Å². The number of halogens is 1. The van der Waals surface area contributed by atoms with Gasteiger partial charge in [-0.05, 0) is 30.7 Å². The van der Waals surface area contributed by atoms with Crippen molar-refractivity contribution in [3.05, 3.63) is 69.1 Å². The lowest BCUT2D eigenvalue weighted by molar-refractivity contribution is 0.0949. The highest BCUT2D eigenvalue weighted by molar-refractivity contribution is 6.31. The van der Waals surface area contributed by atoms with Gasteiger partial charge in [0, 0.05) is 10.4 Å². The molecule has 1 amide bonds. The van der Waals surface area contributed by atoms with Gasteiger partial charge in [0.25, 0.3) is 11.5 Å². The quantitative estimate of drug-likeness (QED) is 0.427. The van der Waals surface area contributed by atoms with E-state index in [4.69, 9.17) is 17.4 Å². The van der Waals surface area contributed by atoms with E-state index >= 15 is 0 Å². The standard InChI is InChI=1S/C16H13ClN4O2/c1-9-12(17)7-4-8-13(9)21-16(23)11-6-3-2-5-10(11)14(20-21)15(22)19-18/h2-8H,18H2,1H3,(H,19,22). The zero-order valence-corrected chi connectivity index (χ0v) is 13.0. The Kier molecular flexibility index (Phi) is 3.85. The van der Waals surface area contributed by atoms with E-state index in [1.54, 1.807) is 49.4 Å². The molecule has 0 aliphatic heterocycles. The van der Waals surface area contributed by atoms with Crippen molar-refractivity contribution in [2.75, 3.05) is 0 Å². The third-order valence-electron chi connectivity index (χ3n) is 3.62. The number of hydrogen-bond acceptors (Lipinski definition) is 4. The van der Waals surface area contributed by atoms with Crippen molar-refractivity contribution in [3.63, 3.8) is 0 Å². The normalized spacial score (nSPS) is 10.7. The van der Waals surface area contributed by atoms with Crippen LogP contribution in [0.5, 0.6) is 0 Å². The summed E-state index contributed by atoms with van der Waals surface area (Å²) in [6, 6.07) is 11.9. The van der Waals surface area contributed by atoms with Gasteiger partial charge in [-0.15, -0.1) is 0 Å². The third-order valence-corrected chi connectivity index (χ3v) is 4.03. The number of nitrogens with two attached hydrogens (primary N) is 1. The molecule has 3 rings (SSSR count). The number of hydrogen-bond donors (Lipinski definition) is 2.